The molecule has 0 amide bonds. The molecule has 17 heavy (non-hydrogen) atoms. The van der Waals surface area contributed by atoms with Crippen molar-refractivity contribution in [1.82, 2.24) is 0 Å². The van der Waals surface area contributed by atoms with Crippen molar-refractivity contribution in [2.24, 2.45) is 17.6 Å². The third kappa shape index (κ3) is 2.47. The number of ether oxygens (including phenoxy) is 1. The van der Waals surface area contributed by atoms with Gasteiger partial charge in [0.25, 0.3) is 0 Å². The van der Waals surface area contributed by atoms with E-state index in [2.05, 4.69) is 26.0 Å². The van der Waals surface area contributed by atoms with Crippen LogP contribution in [-0.4, -0.2) is 7.11 Å². The lowest BCUT2D eigenvalue weighted by molar-refractivity contribution is 0.350. The van der Waals surface area contributed by atoms with Crippen LogP contribution < -0.4 is 10.5 Å². The zero-order valence-corrected chi connectivity index (χ0v) is 11.1. The Morgan fingerprint density at radius 2 is 2.12 bits per heavy atom. The van der Waals surface area contributed by atoms with Crippen molar-refractivity contribution in [3.8, 4) is 5.75 Å². The Labute approximate surface area is 104 Å². The highest BCUT2D eigenvalue weighted by molar-refractivity contribution is 5.37. The molecule has 0 radical (unpaired) electrons. The predicted molar refractivity (Wildman–Crippen MR) is 71.2 cm³/mol. The first kappa shape index (κ1) is 12.4. The fourth-order valence-corrected chi connectivity index (χ4v) is 3.06. The molecule has 0 aliphatic heterocycles. The highest BCUT2D eigenvalue weighted by atomic mass is 16.5. The van der Waals surface area contributed by atoms with Crippen molar-refractivity contribution in [2.45, 2.75) is 39.2 Å². The summed E-state index contributed by atoms with van der Waals surface area (Å²) in [5.41, 5.74) is 8.83. The van der Waals surface area contributed by atoms with Gasteiger partial charge in [0.15, 0.2) is 0 Å². The summed E-state index contributed by atoms with van der Waals surface area (Å²) in [7, 11) is 1.71. The van der Waals surface area contributed by atoms with Gasteiger partial charge in [0.05, 0.1) is 7.11 Å². The zero-order valence-electron chi connectivity index (χ0n) is 11.1. The fraction of sp³-hybridized carbons (Fsp3) is 0.600. The normalized spacial score (nSPS) is 25.9. The largest absolute Gasteiger partial charge is 0.496 e. The quantitative estimate of drug-likeness (QED) is 0.868. The lowest BCUT2D eigenvalue weighted by atomic mass is 9.86. The highest BCUT2D eigenvalue weighted by Gasteiger charge is 2.29. The lowest BCUT2D eigenvalue weighted by Gasteiger charge is -2.24. The van der Waals surface area contributed by atoms with Gasteiger partial charge in [0.2, 0.25) is 0 Å². The smallest absolute Gasteiger partial charge is 0.121 e. The van der Waals surface area contributed by atoms with Crippen molar-refractivity contribution in [3.05, 3.63) is 29.3 Å². The van der Waals surface area contributed by atoms with Crippen LogP contribution in [0.15, 0.2) is 18.2 Å². The van der Waals surface area contributed by atoms with E-state index in [1.165, 1.54) is 30.4 Å². The van der Waals surface area contributed by atoms with Crippen LogP contribution >= 0.6 is 0 Å². The number of methoxy groups -OCH3 is 1. The van der Waals surface area contributed by atoms with E-state index in [0.29, 0.717) is 5.92 Å². The monoisotopic (exact) mass is 233 g/mol. The van der Waals surface area contributed by atoms with Gasteiger partial charge >= 0.3 is 0 Å². The van der Waals surface area contributed by atoms with Crippen LogP contribution in [0.3, 0.4) is 0 Å². The Hall–Kier alpha value is -1.02. The van der Waals surface area contributed by atoms with Gasteiger partial charge in [-0.05, 0) is 42.4 Å². The van der Waals surface area contributed by atoms with Gasteiger partial charge in [-0.1, -0.05) is 31.9 Å². The summed E-state index contributed by atoms with van der Waals surface area (Å²) in [6, 6.07) is 6.50. The molecule has 0 aromatic heterocycles. The van der Waals surface area contributed by atoms with Crippen LogP contribution in [0, 0.1) is 18.8 Å². The first-order chi connectivity index (χ1) is 8.13. The molecule has 1 aliphatic carbocycles. The standard InChI is InChI=1S/C15H23NO/c1-10-5-4-6-13(10)15(16)12-7-8-14(17-3)11(2)9-12/h7-10,13,15H,4-6,16H2,1-3H3. The molecule has 94 valence electrons. The van der Waals surface area contributed by atoms with Crippen LogP contribution in [0.1, 0.15) is 43.4 Å². The van der Waals surface area contributed by atoms with Crippen molar-refractivity contribution in [3.63, 3.8) is 0 Å². The summed E-state index contributed by atoms with van der Waals surface area (Å²) in [5.74, 6) is 2.34. The van der Waals surface area contributed by atoms with Crippen LogP contribution in [0.5, 0.6) is 5.75 Å². The number of benzene rings is 1. The van der Waals surface area contributed by atoms with E-state index in [0.717, 1.165) is 11.7 Å². The Balaban J connectivity index is 2.19. The minimum Gasteiger partial charge on any atom is -0.496 e. The van der Waals surface area contributed by atoms with E-state index in [-0.39, 0.29) is 6.04 Å². The van der Waals surface area contributed by atoms with Crippen LogP contribution in [0.2, 0.25) is 0 Å². The number of hydrogen-bond acceptors (Lipinski definition) is 2. The van der Waals surface area contributed by atoms with Gasteiger partial charge in [0.1, 0.15) is 5.75 Å². The Morgan fingerprint density at radius 1 is 1.35 bits per heavy atom. The maximum Gasteiger partial charge on any atom is 0.121 e. The molecular weight excluding hydrogens is 210 g/mol. The average molecular weight is 233 g/mol. The third-order valence-electron chi connectivity index (χ3n) is 4.19. The first-order valence-corrected chi connectivity index (χ1v) is 6.53. The number of aryl methyl sites for hydroxylation is 1. The second kappa shape index (κ2) is 5.09. The number of nitrogens with two attached hydrogens (primary N) is 1. The molecule has 2 N–H and O–H groups in total. The molecule has 0 heterocycles. The maximum absolute atomic E-state index is 6.41. The molecule has 1 fully saturated rings. The second-order valence-corrected chi connectivity index (χ2v) is 5.33. The average Bonchev–Trinajstić information content (AvgIpc) is 2.74. The van der Waals surface area contributed by atoms with Gasteiger partial charge < -0.3 is 10.5 Å². The van der Waals surface area contributed by atoms with E-state index < -0.39 is 0 Å². The van der Waals surface area contributed by atoms with Crippen LogP contribution in [0.25, 0.3) is 0 Å². The Bertz CT molecular complexity index is 389. The van der Waals surface area contributed by atoms with Crippen LogP contribution in [0.4, 0.5) is 0 Å². The molecule has 2 heteroatoms. The molecule has 1 aromatic rings. The van der Waals surface area contributed by atoms with E-state index in [1.54, 1.807) is 7.11 Å². The van der Waals surface area contributed by atoms with Crippen molar-refractivity contribution in [2.75, 3.05) is 7.11 Å². The van der Waals surface area contributed by atoms with Crippen molar-refractivity contribution in [1.29, 1.82) is 0 Å². The second-order valence-electron chi connectivity index (χ2n) is 5.33. The van der Waals surface area contributed by atoms with Gasteiger partial charge in [-0.15, -0.1) is 0 Å². The van der Waals surface area contributed by atoms with E-state index in [9.17, 15) is 0 Å². The highest BCUT2D eigenvalue weighted by Crippen LogP contribution is 2.39. The molecule has 1 aliphatic rings. The summed E-state index contributed by atoms with van der Waals surface area (Å²) in [6.45, 7) is 4.40. The molecule has 1 aromatic carbocycles. The number of hydrogen-bond donors (Lipinski definition) is 1. The topological polar surface area (TPSA) is 35.2 Å². The molecule has 2 nitrogen and oxygen atoms in total. The molecule has 0 bridgehead atoms. The van der Waals surface area contributed by atoms with Crippen molar-refractivity contribution >= 4 is 0 Å². The first-order valence-electron chi connectivity index (χ1n) is 6.53. The van der Waals surface area contributed by atoms with Gasteiger partial charge in [-0.2, -0.15) is 0 Å². The summed E-state index contributed by atoms with van der Waals surface area (Å²) >= 11 is 0. The summed E-state index contributed by atoms with van der Waals surface area (Å²) in [5, 5.41) is 0. The minimum atomic E-state index is 0.178. The molecule has 2 rings (SSSR count). The summed E-state index contributed by atoms with van der Waals surface area (Å²) in [6.07, 6.45) is 3.93. The third-order valence-corrected chi connectivity index (χ3v) is 4.19. The minimum absolute atomic E-state index is 0.178. The summed E-state index contributed by atoms with van der Waals surface area (Å²) < 4.78 is 5.29. The molecule has 0 spiro atoms. The van der Waals surface area contributed by atoms with E-state index >= 15 is 0 Å². The molecule has 3 unspecified atom stereocenters. The molecular formula is C15H23NO. The number of rotatable bonds is 3. The fourth-order valence-electron chi connectivity index (χ4n) is 3.06. The molecule has 3 atom stereocenters. The van der Waals surface area contributed by atoms with Gasteiger partial charge in [-0.25, -0.2) is 0 Å². The zero-order chi connectivity index (χ0) is 12.4. The van der Waals surface area contributed by atoms with Crippen LogP contribution in [-0.2, 0) is 0 Å². The lowest BCUT2D eigenvalue weighted by Crippen LogP contribution is -2.23. The van der Waals surface area contributed by atoms with Crippen molar-refractivity contribution < 1.29 is 4.74 Å². The predicted octanol–water partition coefficient (Wildman–Crippen LogP) is 3.44. The maximum atomic E-state index is 6.41. The van der Waals surface area contributed by atoms with E-state index in [4.69, 9.17) is 10.5 Å². The molecule has 1 saturated carbocycles. The Morgan fingerprint density at radius 3 is 2.65 bits per heavy atom. The van der Waals surface area contributed by atoms with Gasteiger partial charge in [-0.3, -0.25) is 0 Å². The molecule has 0 saturated heterocycles. The van der Waals surface area contributed by atoms with E-state index in [1.807, 2.05) is 6.07 Å². The Kier molecular flexibility index (Phi) is 3.72. The SMILES string of the molecule is COc1ccc(C(N)C2CCCC2C)cc1C. The van der Waals surface area contributed by atoms with Gasteiger partial charge in [0, 0.05) is 6.04 Å². The summed E-state index contributed by atoms with van der Waals surface area (Å²) in [4.78, 5) is 0.